The van der Waals surface area contributed by atoms with Gasteiger partial charge in [-0.2, -0.15) is 11.3 Å². The molecular formula is C18H25N5OS. The third-order valence-corrected chi connectivity index (χ3v) is 6.07. The zero-order valence-electron chi connectivity index (χ0n) is 14.9. The number of carbonyl (C=O) groups is 1. The second-order valence-electron chi connectivity index (χ2n) is 7.03. The number of rotatable bonds is 3. The molecule has 0 bridgehead atoms. The van der Waals surface area contributed by atoms with Crippen LogP contribution in [0.5, 0.6) is 0 Å². The molecule has 2 aliphatic rings. The van der Waals surface area contributed by atoms with E-state index in [-0.39, 0.29) is 11.9 Å². The van der Waals surface area contributed by atoms with Gasteiger partial charge in [-0.15, -0.1) is 0 Å². The molecule has 1 atom stereocenters. The third kappa shape index (κ3) is 3.23. The van der Waals surface area contributed by atoms with Gasteiger partial charge in [0.25, 0.3) is 5.91 Å². The van der Waals surface area contributed by atoms with Crippen LogP contribution in [0.15, 0.2) is 23.0 Å². The Balaban J connectivity index is 1.48. The minimum Gasteiger partial charge on any atom is -0.327 e. The number of hydrogen-bond acceptors (Lipinski definition) is 5. The van der Waals surface area contributed by atoms with E-state index in [1.807, 2.05) is 27.9 Å². The number of fused-ring (bicyclic) bond motifs is 1. The number of thiophene rings is 1. The maximum absolute atomic E-state index is 12.7. The lowest BCUT2D eigenvalue weighted by Gasteiger charge is -2.35. The molecule has 7 heteroatoms. The molecule has 2 aromatic heterocycles. The molecule has 4 heterocycles. The summed E-state index contributed by atoms with van der Waals surface area (Å²) in [4.78, 5) is 24.2. The molecule has 6 nitrogen and oxygen atoms in total. The quantitative estimate of drug-likeness (QED) is 0.840. The summed E-state index contributed by atoms with van der Waals surface area (Å²) in [6.07, 6.45) is 2.00. The van der Waals surface area contributed by atoms with Gasteiger partial charge in [-0.25, -0.2) is 4.98 Å². The van der Waals surface area contributed by atoms with Crippen LogP contribution in [-0.4, -0.2) is 69.9 Å². The van der Waals surface area contributed by atoms with Gasteiger partial charge in [-0.1, -0.05) is 0 Å². The maximum Gasteiger partial charge on any atom is 0.255 e. The predicted octanol–water partition coefficient (Wildman–Crippen LogP) is 1.91. The molecule has 0 aliphatic carbocycles. The SMILES string of the molecule is C[C@H]1c2ncc(CN3CCN(C)CC3)n2CCN1C(=O)c1ccsc1. The summed E-state index contributed by atoms with van der Waals surface area (Å²) < 4.78 is 2.32. The Morgan fingerprint density at radius 1 is 1.24 bits per heavy atom. The van der Waals surface area contributed by atoms with E-state index in [4.69, 9.17) is 0 Å². The Bertz CT molecular complexity index is 733. The maximum atomic E-state index is 12.7. The minimum atomic E-state index is 0.0161. The van der Waals surface area contributed by atoms with Crippen LogP contribution in [-0.2, 0) is 13.1 Å². The molecule has 0 N–H and O–H groups in total. The van der Waals surface area contributed by atoms with Gasteiger partial charge in [0.2, 0.25) is 0 Å². The van der Waals surface area contributed by atoms with Gasteiger partial charge in [-0.3, -0.25) is 9.69 Å². The molecule has 0 saturated carbocycles. The first-order valence-corrected chi connectivity index (χ1v) is 9.86. The Labute approximate surface area is 152 Å². The first-order valence-electron chi connectivity index (χ1n) is 8.92. The van der Waals surface area contributed by atoms with E-state index in [0.29, 0.717) is 0 Å². The highest BCUT2D eigenvalue weighted by Crippen LogP contribution is 2.27. The fraction of sp³-hybridized carbons (Fsp3) is 0.556. The molecule has 134 valence electrons. The normalized spacial score (nSPS) is 22.2. The summed E-state index contributed by atoms with van der Waals surface area (Å²) in [7, 11) is 2.18. The third-order valence-electron chi connectivity index (χ3n) is 5.39. The van der Waals surface area contributed by atoms with Gasteiger partial charge in [0, 0.05) is 57.4 Å². The zero-order valence-corrected chi connectivity index (χ0v) is 15.7. The van der Waals surface area contributed by atoms with Crippen molar-refractivity contribution in [3.63, 3.8) is 0 Å². The number of hydrogen-bond donors (Lipinski definition) is 0. The molecule has 0 radical (unpaired) electrons. The van der Waals surface area contributed by atoms with Crippen molar-refractivity contribution >= 4 is 17.2 Å². The average molecular weight is 359 g/mol. The fourth-order valence-electron chi connectivity index (χ4n) is 3.75. The van der Waals surface area contributed by atoms with Crippen LogP contribution in [0.1, 0.15) is 34.8 Å². The molecule has 0 spiro atoms. The van der Waals surface area contributed by atoms with Crippen LogP contribution in [0.4, 0.5) is 0 Å². The van der Waals surface area contributed by atoms with Crippen molar-refractivity contribution in [3.8, 4) is 0 Å². The van der Waals surface area contributed by atoms with Crippen molar-refractivity contribution in [3.05, 3.63) is 40.1 Å². The lowest BCUT2D eigenvalue weighted by molar-refractivity contribution is 0.0634. The van der Waals surface area contributed by atoms with Crippen LogP contribution in [0, 0.1) is 0 Å². The second-order valence-corrected chi connectivity index (χ2v) is 7.81. The number of likely N-dealkylation sites (N-methyl/N-ethyl adjacent to an activating group) is 1. The Morgan fingerprint density at radius 2 is 2.04 bits per heavy atom. The molecular weight excluding hydrogens is 334 g/mol. The summed E-state index contributed by atoms with van der Waals surface area (Å²) in [5, 5.41) is 3.88. The highest BCUT2D eigenvalue weighted by molar-refractivity contribution is 7.08. The van der Waals surface area contributed by atoms with Gasteiger partial charge < -0.3 is 14.4 Å². The van der Waals surface area contributed by atoms with E-state index >= 15 is 0 Å². The molecule has 1 saturated heterocycles. The van der Waals surface area contributed by atoms with Gasteiger partial charge in [-0.05, 0) is 25.4 Å². The second kappa shape index (κ2) is 6.90. The lowest BCUT2D eigenvalue weighted by atomic mass is 10.1. The number of piperazine rings is 1. The topological polar surface area (TPSA) is 44.6 Å². The van der Waals surface area contributed by atoms with Gasteiger partial charge >= 0.3 is 0 Å². The molecule has 1 amide bonds. The summed E-state index contributed by atoms with van der Waals surface area (Å²) in [6, 6.07) is 1.92. The van der Waals surface area contributed by atoms with E-state index < -0.39 is 0 Å². The van der Waals surface area contributed by atoms with Crippen LogP contribution < -0.4 is 0 Å². The van der Waals surface area contributed by atoms with E-state index in [1.165, 1.54) is 5.69 Å². The highest BCUT2D eigenvalue weighted by Gasteiger charge is 2.31. The highest BCUT2D eigenvalue weighted by atomic mass is 32.1. The fourth-order valence-corrected chi connectivity index (χ4v) is 4.38. The minimum absolute atomic E-state index is 0.0161. The molecule has 4 rings (SSSR count). The van der Waals surface area contributed by atoms with E-state index in [0.717, 1.165) is 57.2 Å². The molecule has 0 aromatic carbocycles. The summed E-state index contributed by atoms with van der Waals surface area (Å²) >= 11 is 1.57. The summed E-state index contributed by atoms with van der Waals surface area (Å²) in [6.45, 7) is 9.08. The van der Waals surface area contributed by atoms with Gasteiger partial charge in [0.15, 0.2) is 0 Å². The van der Waals surface area contributed by atoms with Crippen molar-refractivity contribution in [2.75, 3.05) is 39.8 Å². The average Bonchev–Trinajstić information content (AvgIpc) is 3.27. The Hall–Kier alpha value is -1.70. The number of aromatic nitrogens is 2. The molecule has 2 aliphatic heterocycles. The van der Waals surface area contributed by atoms with Crippen molar-refractivity contribution in [2.45, 2.75) is 26.1 Å². The van der Waals surface area contributed by atoms with Crippen LogP contribution in [0.25, 0.3) is 0 Å². The Morgan fingerprint density at radius 3 is 2.76 bits per heavy atom. The predicted molar refractivity (Wildman–Crippen MR) is 98.8 cm³/mol. The molecule has 2 aromatic rings. The number of carbonyl (C=O) groups excluding carboxylic acids is 1. The van der Waals surface area contributed by atoms with Crippen molar-refractivity contribution in [1.82, 2.24) is 24.3 Å². The van der Waals surface area contributed by atoms with E-state index in [9.17, 15) is 4.79 Å². The number of amides is 1. The lowest BCUT2D eigenvalue weighted by Crippen LogP contribution is -2.45. The van der Waals surface area contributed by atoms with Gasteiger partial charge in [0.1, 0.15) is 5.82 Å². The molecule has 0 unspecified atom stereocenters. The van der Waals surface area contributed by atoms with E-state index in [2.05, 4.69) is 33.3 Å². The standard InChI is InChI=1S/C18H25N5OS/c1-14-17-19-11-16(12-21-6-4-20(2)5-7-21)23(17)9-8-22(14)18(24)15-3-10-25-13-15/h3,10-11,13-14H,4-9,12H2,1-2H3/t14-/m0/s1. The van der Waals surface area contributed by atoms with Gasteiger partial charge in [0.05, 0.1) is 17.3 Å². The van der Waals surface area contributed by atoms with Crippen molar-refractivity contribution in [2.24, 2.45) is 0 Å². The largest absolute Gasteiger partial charge is 0.327 e. The van der Waals surface area contributed by atoms with Crippen LogP contribution >= 0.6 is 11.3 Å². The molecule has 25 heavy (non-hydrogen) atoms. The monoisotopic (exact) mass is 359 g/mol. The first kappa shape index (κ1) is 16.8. The van der Waals surface area contributed by atoms with Crippen LogP contribution in [0.3, 0.4) is 0 Å². The van der Waals surface area contributed by atoms with Crippen molar-refractivity contribution < 1.29 is 4.79 Å². The van der Waals surface area contributed by atoms with Crippen molar-refractivity contribution in [1.29, 1.82) is 0 Å². The molecule has 1 fully saturated rings. The Kier molecular flexibility index (Phi) is 4.62. The van der Waals surface area contributed by atoms with E-state index in [1.54, 1.807) is 11.3 Å². The smallest absolute Gasteiger partial charge is 0.255 e. The number of imidazole rings is 1. The summed E-state index contributed by atoms with van der Waals surface area (Å²) in [5.41, 5.74) is 2.06. The first-order chi connectivity index (χ1) is 12.1. The summed E-state index contributed by atoms with van der Waals surface area (Å²) in [5.74, 6) is 1.13. The zero-order chi connectivity index (χ0) is 17.4. The van der Waals surface area contributed by atoms with Crippen LogP contribution in [0.2, 0.25) is 0 Å². The number of nitrogens with zero attached hydrogens (tertiary/aromatic N) is 5.